The summed E-state index contributed by atoms with van der Waals surface area (Å²) < 4.78 is 7.17. The van der Waals surface area contributed by atoms with Crippen LogP contribution in [0.15, 0.2) is 36.7 Å². The number of rotatable bonds is 7. The Balaban J connectivity index is 1.90. The maximum absolute atomic E-state index is 12.2. The molecule has 0 aliphatic rings. The van der Waals surface area contributed by atoms with Crippen LogP contribution in [0.1, 0.15) is 31.4 Å². The molecule has 1 aromatic carbocycles. The third kappa shape index (κ3) is 5.13. The number of hydrogen-bond donors (Lipinski definition) is 1. The third-order valence-corrected chi connectivity index (χ3v) is 3.63. The third-order valence-electron chi connectivity index (χ3n) is 3.63. The van der Waals surface area contributed by atoms with E-state index in [0.717, 1.165) is 16.9 Å². The molecule has 0 bridgehead atoms. The van der Waals surface area contributed by atoms with Crippen LogP contribution in [0.5, 0.6) is 5.75 Å². The summed E-state index contributed by atoms with van der Waals surface area (Å²) in [5.41, 5.74) is 1.84. The molecule has 2 aromatic rings. The summed E-state index contributed by atoms with van der Waals surface area (Å²) in [5, 5.41) is 7.29. The zero-order chi connectivity index (χ0) is 16.9. The highest BCUT2D eigenvalue weighted by Crippen LogP contribution is 2.22. The average Bonchev–Trinajstić information content (AvgIpc) is 2.90. The van der Waals surface area contributed by atoms with Crippen molar-refractivity contribution in [2.45, 2.75) is 45.7 Å². The number of carbonyl (C=O) groups is 1. The highest BCUT2D eigenvalue weighted by Gasteiger charge is 2.22. The standard InChI is InChI=1S/C18H25N3O2/c1-14-12-19-21(13-14)10-9-17(22)20-18(2,3)11-15-7-5-6-8-16(15)23-4/h5-8,12-13H,9-11H2,1-4H3,(H,20,22). The number of aryl methyl sites for hydroxylation is 2. The van der Waals surface area contributed by atoms with Gasteiger partial charge in [0.05, 0.1) is 13.3 Å². The minimum absolute atomic E-state index is 0.0260. The monoisotopic (exact) mass is 315 g/mol. The Morgan fingerprint density at radius 2 is 2.09 bits per heavy atom. The summed E-state index contributed by atoms with van der Waals surface area (Å²) in [6.07, 6.45) is 4.86. The number of ether oxygens (including phenoxy) is 1. The zero-order valence-electron chi connectivity index (χ0n) is 14.3. The summed E-state index contributed by atoms with van der Waals surface area (Å²) in [7, 11) is 1.66. The van der Waals surface area contributed by atoms with E-state index in [4.69, 9.17) is 4.74 Å². The number of hydrogen-bond acceptors (Lipinski definition) is 3. The lowest BCUT2D eigenvalue weighted by Crippen LogP contribution is -2.45. The molecule has 0 aliphatic heterocycles. The number of methoxy groups -OCH3 is 1. The van der Waals surface area contributed by atoms with Crippen LogP contribution in [-0.4, -0.2) is 28.3 Å². The number of benzene rings is 1. The molecule has 0 spiro atoms. The molecule has 2 rings (SSSR count). The van der Waals surface area contributed by atoms with Crippen molar-refractivity contribution in [3.8, 4) is 5.75 Å². The normalized spacial score (nSPS) is 11.3. The fraction of sp³-hybridized carbons (Fsp3) is 0.444. The molecule has 1 amide bonds. The van der Waals surface area contributed by atoms with Crippen molar-refractivity contribution in [2.24, 2.45) is 0 Å². The van der Waals surface area contributed by atoms with Crippen LogP contribution in [0.4, 0.5) is 0 Å². The molecular formula is C18H25N3O2. The highest BCUT2D eigenvalue weighted by molar-refractivity contribution is 5.76. The van der Waals surface area contributed by atoms with Gasteiger partial charge in [-0.3, -0.25) is 9.48 Å². The average molecular weight is 315 g/mol. The summed E-state index contributed by atoms with van der Waals surface area (Å²) in [4.78, 5) is 12.2. The van der Waals surface area contributed by atoms with Crippen LogP contribution in [0.25, 0.3) is 0 Å². The van der Waals surface area contributed by atoms with Gasteiger partial charge in [0.1, 0.15) is 5.75 Å². The minimum atomic E-state index is -0.342. The fourth-order valence-electron chi connectivity index (χ4n) is 2.61. The van der Waals surface area contributed by atoms with E-state index in [2.05, 4.69) is 10.4 Å². The fourth-order valence-corrected chi connectivity index (χ4v) is 2.61. The van der Waals surface area contributed by atoms with Gasteiger partial charge in [-0.2, -0.15) is 5.10 Å². The topological polar surface area (TPSA) is 56.1 Å². The van der Waals surface area contributed by atoms with Crippen LogP contribution in [0, 0.1) is 6.92 Å². The Morgan fingerprint density at radius 3 is 2.74 bits per heavy atom. The van der Waals surface area contributed by atoms with Gasteiger partial charge in [0.2, 0.25) is 5.91 Å². The first kappa shape index (κ1) is 17.1. The van der Waals surface area contributed by atoms with Crippen molar-refractivity contribution in [1.29, 1.82) is 0 Å². The Morgan fingerprint density at radius 1 is 1.35 bits per heavy atom. The molecular weight excluding hydrogens is 290 g/mol. The molecule has 0 saturated carbocycles. The second kappa shape index (κ2) is 7.31. The number of carbonyl (C=O) groups excluding carboxylic acids is 1. The number of amides is 1. The largest absolute Gasteiger partial charge is 0.496 e. The molecule has 0 atom stereocenters. The summed E-state index contributed by atoms with van der Waals surface area (Å²) in [5.74, 6) is 0.875. The van der Waals surface area contributed by atoms with Crippen molar-refractivity contribution in [1.82, 2.24) is 15.1 Å². The van der Waals surface area contributed by atoms with Crippen molar-refractivity contribution in [3.05, 3.63) is 47.8 Å². The smallest absolute Gasteiger partial charge is 0.222 e. The number of nitrogens with one attached hydrogen (secondary N) is 1. The van der Waals surface area contributed by atoms with E-state index in [9.17, 15) is 4.79 Å². The molecule has 1 N–H and O–H groups in total. The zero-order valence-corrected chi connectivity index (χ0v) is 14.3. The quantitative estimate of drug-likeness (QED) is 0.855. The lowest BCUT2D eigenvalue weighted by Gasteiger charge is -2.27. The Bertz CT molecular complexity index is 662. The first-order chi connectivity index (χ1) is 10.9. The second-order valence-electron chi connectivity index (χ2n) is 6.45. The molecule has 23 heavy (non-hydrogen) atoms. The minimum Gasteiger partial charge on any atom is -0.496 e. The number of nitrogens with zero attached hydrogens (tertiary/aromatic N) is 2. The molecule has 0 fully saturated rings. The van der Waals surface area contributed by atoms with Gasteiger partial charge in [0, 0.05) is 24.7 Å². The molecule has 1 aromatic heterocycles. The predicted molar refractivity (Wildman–Crippen MR) is 90.5 cm³/mol. The van der Waals surface area contributed by atoms with Gasteiger partial charge in [-0.15, -0.1) is 0 Å². The summed E-state index contributed by atoms with van der Waals surface area (Å²) in [6.45, 7) is 6.62. The van der Waals surface area contributed by atoms with E-state index in [1.807, 2.05) is 51.2 Å². The van der Waals surface area contributed by atoms with E-state index in [1.54, 1.807) is 18.0 Å². The van der Waals surface area contributed by atoms with E-state index in [1.165, 1.54) is 0 Å². The second-order valence-corrected chi connectivity index (χ2v) is 6.45. The van der Waals surface area contributed by atoms with Crippen LogP contribution in [0.3, 0.4) is 0 Å². The maximum atomic E-state index is 12.2. The molecule has 5 heteroatoms. The van der Waals surface area contributed by atoms with Gasteiger partial charge in [-0.05, 0) is 44.4 Å². The van der Waals surface area contributed by atoms with Crippen LogP contribution in [0.2, 0.25) is 0 Å². The summed E-state index contributed by atoms with van der Waals surface area (Å²) in [6, 6.07) is 7.89. The SMILES string of the molecule is COc1ccccc1CC(C)(C)NC(=O)CCn1cc(C)cn1. The van der Waals surface area contributed by atoms with Gasteiger partial charge in [0.15, 0.2) is 0 Å². The van der Waals surface area contributed by atoms with E-state index in [-0.39, 0.29) is 11.4 Å². The van der Waals surface area contributed by atoms with Gasteiger partial charge in [-0.1, -0.05) is 18.2 Å². The van der Waals surface area contributed by atoms with Crippen molar-refractivity contribution >= 4 is 5.91 Å². The first-order valence-electron chi connectivity index (χ1n) is 7.81. The van der Waals surface area contributed by atoms with E-state index in [0.29, 0.717) is 19.4 Å². The molecule has 0 saturated heterocycles. The Hall–Kier alpha value is -2.30. The van der Waals surface area contributed by atoms with Crippen LogP contribution in [-0.2, 0) is 17.8 Å². The maximum Gasteiger partial charge on any atom is 0.222 e. The van der Waals surface area contributed by atoms with Gasteiger partial charge in [-0.25, -0.2) is 0 Å². The number of aromatic nitrogens is 2. The molecule has 0 radical (unpaired) electrons. The molecule has 0 aliphatic carbocycles. The van der Waals surface area contributed by atoms with Crippen LogP contribution < -0.4 is 10.1 Å². The van der Waals surface area contributed by atoms with Gasteiger partial charge < -0.3 is 10.1 Å². The summed E-state index contributed by atoms with van der Waals surface area (Å²) >= 11 is 0. The Labute approximate surface area is 137 Å². The first-order valence-corrected chi connectivity index (χ1v) is 7.81. The van der Waals surface area contributed by atoms with Crippen molar-refractivity contribution in [2.75, 3.05) is 7.11 Å². The molecule has 124 valence electrons. The molecule has 0 unspecified atom stereocenters. The van der Waals surface area contributed by atoms with E-state index < -0.39 is 0 Å². The van der Waals surface area contributed by atoms with Crippen molar-refractivity contribution < 1.29 is 9.53 Å². The van der Waals surface area contributed by atoms with Gasteiger partial charge >= 0.3 is 0 Å². The highest BCUT2D eigenvalue weighted by atomic mass is 16.5. The van der Waals surface area contributed by atoms with Crippen molar-refractivity contribution in [3.63, 3.8) is 0 Å². The predicted octanol–water partition coefficient (Wildman–Crippen LogP) is 2.73. The van der Waals surface area contributed by atoms with Crippen LogP contribution >= 0.6 is 0 Å². The lowest BCUT2D eigenvalue weighted by atomic mass is 9.94. The molecule has 5 nitrogen and oxygen atoms in total. The molecule has 1 heterocycles. The van der Waals surface area contributed by atoms with Gasteiger partial charge in [0.25, 0.3) is 0 Å². The lowest BCUT2D eigenvalue weighted by molar-refractivity contribution is -0.122. The Kier molecular flexibility index (Phi) is 5.42. The van der Waals surface area contributed by atoms with E-state index >= 15 is 0 Å². The number of para-hydroxylation sites is 1.